The fourth-order valence-corrected chi connectivity index (χ4v) is 2.51. The summed E-state index contributed by atoms with van der Waals surface area (Å²) in [5, 5.41) is 16.6. The molecule has 0 radical (unpaired) electrons. The molecule has 0 aromatic carbocycles. The van der Waals surface area contributed by atoms with Crippen molar-refractivity contribution in [2.75, 3.05) is 12.9 Å². The zero-order valence-corrected chi connectivity index (χ0v) is 12.4. The van der Waals surface area contributed by atoms with Gasteiger partial charge in [0.2, 0.25) is 0 Å². The molecule has 1 amide bonds. The van der Waals surface area contributed by atoms with Crippen molar-refractivity contribution in [2.24, 2.45) is 0 Å². The van der Waals surface area contributed by atoms with E-state index in [1.54, 1.807) is 13.0 Å². The third-order valence-corrected chi connectivity index (χ3v) is 4.33. The summed E-state index contributed by atoms with van der Waals surface area (Å²) in [6.07, 6.45) is 3.36. The number of thioether (sulfide) groups is 1. The van der Waals surface area contributed by atoms with E-state index in [4.69, 9.17) is 4.52 Å². The second-order valence-electron chi connectivity index (χ2n) is 4.56. The molecule has 2 N–H and O–H groups in total. The minimum Gasteiger partial charge on any atom is -0.395 e. The van der Waals surface area contributed by atoms with Gasteiger partial charge in [-0.25, -0.2) is 4.98 Å². The van der Waals surface area contributed by atoms with Crippen LogP contribution < -0.4 is 5.32 Å². The Balaban J connectivity index is 2.16. The van der Waals surface area contributed by atoms with Gasteiger partial charge < -0.3 is 14.9 Å². The number of fused-ring (bicyclic) bond motifs is 1. The molecule has 7 heteroatoms. The van der Waals surface area contributed by atoms with E-state index in [1.807, 2.05) is 13.2 Å². The van der Waals surface area contributed by atoms with Crippen LogP contribution in [0, 0.1) is 6.92 Å². The number of pyridine rings is 1. The van der Waals surface area contributed by atoms with Gasteiger partial charge in [-0.05, 0) is 26.2 Å². The summed E-state index contributed by atoms with van der Waals surface area (Å²) >= 11 is 1.52. The molecule has 2 aromatic rings. The molecule has 0 fully saturated rings. The van der Waals surface area contributed by atoms with Crippen molar-refractivity contribution in [1.82, 2.24) is 15.5 Å². The average molecular weight is 295 g/mol. The minimum absolute atomic E-state index is 0.0185. The molecule has 2 rings (SSSR count). The number of aliphatic hydroxyl groups is 1. The first-order valence-corrected chi connectivity index (χ1v) is 7.52. The Hall–Kier alpha value is -1.60. The lowest BCUT2D eigenvalue weighted by atomic mass is 10.1. The number of carbonyl (C=O) groups is 1. The van der Waals surface area contributed by atoms with Crippen LogP contribution in [0.25, 0.3) is 11.1 Å². The van der Waals surface area contributed by atoms with Crippen LogP contribution in [0.2, 0.25) is 0 Å². The number of aromatic nitrogens is 2. The van der Waals surface area contributed by atoms with E-state index in [0.29, 0.717) is 17.0 Å². The number of nitrogens with zero attached hydrogens (tertiary/aromatic N) is 2. The summed E-state index contributed by atoms with van der Waals surface area (Å²) in [5.74, 6) is -0.222. The van der Waals surface area contributed by atoms with Gasteiger partial charge in [0.25, 0.3) is 11.6 Å². The highest BCUT2D eigenvalue weighted by Gasteiger charge is 2.19. The summed E-state index contributed by atoms with van der Waals surface area (Å²) in [6.45, 7) is 3.68. The number of amides is 1. The van der Waals surface area contributed by atoms with Gasteiger partial charge in [0, 0.05) is 17.5 Å². The third-order valence-electron chi connectivity index (χ3n) is 3.17. The summed E-state index contributed by atoms with van der Waals surface area (Å²) < 4.78 is 5.01. The molecule has 0 saturated carbocycles. The van der Waals surface area contributed by atoms with Gasteiger partial charge in [0.05, 0.1) is 23.3 Å². The third kappa shape index (κ3) is 2.94. The zero-order valence-electron chi connectivity index (χ0n) is 11.6. The SMILES string of the molecule is CSC(CO)C(C)NC(=O)c1cnc2onc(C)c2c1. The Morgan fingerprint density at radius 1 is 1.60 bits per heavy atom. The van der Waals surface area contributed by atoms with Crippen molar-refractivity contribution in [3.63, 3.8) is 0 Å². The molecule has 0 spiro atoms. The van der Waals surface area contributed by atoms with Gasteiger partial charge in [-0.2, -0.15) is 11.8 Å². The number of nitrogens with one attached hydrogen (secondary N) is 1. The fourth-order valence-electron chi connectivity index (χ4n) is 1.89. The van der Waals surface area contributed by atoms with E-state index in [9.17, 15) is 9.90 Å². The summed E-state index contributed by atoms with van der Waals surface area (Å²) in [4.78, 5) is 16.2. The van der Waals surface area contributed by atoms with Crippen molar-refractivity contribution < 1.29 is 14.4 Å². The van der Waals surface area contributed by atoms with Gasteiger partial charge in [0.15, 0.2) is 0 Å². The van der Waals surface area contributed by atoms with Crippen molar-refractivity contribution in [1.29, 1.82) is 0 Å². The number of rotatable bonds is 5. The molecular weight excluding hydrogens is 278 g/mol. The molecular formula is C13H17N3O3S. The molecule has 0 saturated heterocycles. The lowest BCUT2D eigenvalue weighted by Crippen LogP contribution is -2.41. The normalized spacial score (nSPS) is 14.2. The van der Waals surface area contributed by atoms with E-state index in [2.05, 4.69) is 15.5 Å². The van der Waals surface area contributed by atoms with Gasteiger partial charge in [-0.3, -0.25) is 4.79 Å². The van der Waals surface area contributed by atoms with Crippen LogP contribution in [0.1, 0.15) is 23.0 Å². The molecule has 0 bridgehead atoms. The molecule has 2 unspecified atom stereocenters. The zero-order chi connectivity index (χ0) is 14.7. The van der Waals surface area contributed by atoms with Crippen LogP contribution in [0.3, 0.4) is 0 Å². The van der Waals surface area contributed by atoms with Crippen LogP contribution in [0.15, 0.2) is 16.8 Å². The van der Waals surface area contributed by atoms with E-state index in [1.165, 1.54) is 18.0 Å². The van der Waals surface area contributed by atoms with Crippen molar-refractivity contribution in [3.8, 4) is 0 Å². The number of aliphatic hydroxyl groups excluding tert-OH is 1. The van der Waals surface area contributed by atoms with Gasteiger partial charge in [-0.15, -0.1) is 0 Å². The molecule has 6 nitrogen and oxygen atoms in total. The highest BCUT2D eigenvalue weighted by molar-refractivity contribution is 7.99. The molecule has 2 atom stereocenters. The fraction of sp³-hybridized carbons (Fsp3) is 0.462. The lowest BCUT2D eigenvalue weighted by Gasteiger charge is -2.21. The quantitative estimate of drug-likeness (QED) is 0.866. The molecule has 2 heterocycles. The van der Waals surface area contributed by atoms with E-state index in [-0.39, 0.29) is 23.8 Å². The van der Waals surface area contributed by atoms with Crippen LogP contribution in [0.5, 0.6) is 0 Å². The van der Waals surface area contributed by atoms with E-state index < -0.39 is 0 Å². The van der Waals surface area contributed by atoms with Crippen molar-refractivity contribution in [3.05, 3.63) is 23.5 Å². The maximum atomic E-state index is 12.2. The van der Waals surface area contributed by atoms with Crippen LogP contribution in [0.4, 0.5) is 0 Å². The Morgan fingerprint density at radius 3 is 3.00 bits per heavy atom. The predicted molar refractivity (Wildman–Crippen MR) is 77.9 cm³/mol. The largest absolute Gasteiger partial charge is 0.395 e. The Bertz CT molecular complexity index is 610. The number of hydrogen-bond acceptors (Lipinski definition) is 6. The first-order valence-electron chi connectivity index (χ1n) is 6.23. The predicted octanol–water partition coefficient (Wildman–Crippen LogP) is 1.37. The van der Waals surface area contributed by atoms with Gasteiger partial charge in [0.1, 0.15) is 0 Å². The molecule has 108 valence electrons. The number of hydrogen-bond donors (Lipinski definition) is 2. The maximum Gasteiger partial charge on any atom is 0.257 e. The van der Waals surface area contributed by atoms with E-state index >= 15 is 0 Å². The molecule has 20 heavy (non-hydrogen) atoms. The Morgan fingerprint density at radius 2 is 2.35 bits per heavy atom. The average Bonchev–Trinajstić information content (AvgIpc) is 2.81. The lowest BCUT2D eigenvalue weighted by molar-refractivity contribution is 0.0935. The monoisotopic (exact) mass is 295 g/mol. The molecule has 2 aromatic heterocycles. The second-order valence-corrected chi connectivity index (χ2v) is 5.64. The van der Waals surface area contributed by atoms with Gasteiger partial charge >= 0.3 is 0 Å². The molecule has 0 aliphatic heterocycles. The summed E-state index contributed by atoms with van der Waals surface area (Å²) in [7, 11) is 0. The van der Waals surface area contributed by atoms with Crippen molar-refractivity contribution in [2.45, 2.75) is 25.1 Å². The summed E-state index contributed by atoms with van der Waals surface area (Å²) in [5.41, 5.74) is 1.57. The second kappa shape index (κ2) is 6.23. The smallest absolute Gasteiger partial charge is 0.257 e. The first-order chi connectivity index (χ1) is 9.56. The molecule has 0 aliphatic rings. The standard InChI is InChI=1S/C13H17N3O3S/c1-7-10-4-9(5-14-13(10)19-16-7)12(18)15-8(2)11(6-17)20-3/h4-5,8,11,17H,6H2,1-3H3,(H,15,18). The van der Waals surface area contributed by atoms with E-state index in [0.717, 1.165) is 5.39 Å². The van der Waals surface area contributed by atoms with Crippen LogP contribution >= 0.6 is 11.8 Å². The number of carbonyl (C=O) groups excluding carboxylic acids is 1. The molecule has 0 aliphatic carbocycles. The first kappa shape index (κ1) is 14.8. The summed E-state index contributed by atoms with van der Waals surface area (Å²) in [6, 6.07) is 1.57. The Kier molecular flexibility index (Phi) is 4.61. The number of aryl methyl sites for hydroxylation is 1. The highest BCUT2D eigenvalue weighted by Crippen LogP contribution is 2.17. The maximum absolute atomic E-state index is 12.2. The minimum atomic E-state index is -0.222. The highest BCUT2D eigenvalue weighted by atomic mass is 32.2. The van der Waals surface area contributed by atoms with Crippen LogP contribution in [-0.2, 0) is 0 Å². The van der Waals surface area contributed by atoms with Crippen molar-refractivity contribution >= 4 is 28.8 Å². The van der Waals surface area contributed by atoms with Crippen LogP contribution in [-0.4, -0.2) is 45.3 Å². The van der Waals surface area contributed by atoms with Gasteiger partial charge in [-0.1, -0.05) is 5.16 Å². The topological polar surface area (TPSA) is 88.2 Å². The Labute approximate surface area is 120 Å².